The van der Waals surface area contributed by atoms with Crippen molar-refractivity contribution in [2.24, 2.45) is 0 Å². The first-order valence-electron chi connectivity index (χ1n) is 35.5. The first-order valence-corrected chi connectivity index (χ1v) is 35.5. The highest BCUT2D eigenvalue weighted by Gasteiger charge is 2.19. The third-order valence-electron chi connectivity index (χ3n) is 16.1. The van der Waals surface area contributed by atoms with Crippen molar-refractivity contribution in [3.05, 3.63) is 36.5 Å². The van der Waals surface area contributed by atoms with Gasteiger partial charge in [0.15, 0.2) is 6.10 Å². The molecule has 0 amide bonds. The maximum atomic E-state index is 13.0. The summed E-state index contributed by atoms with van der Waals surface area (Å²) in [4.78, 5) is 38.4. The van der Waals surface area contributed by atoms with Gasteiger partial charge >= 0.3 is 17.9 Å². The largest absolute Gasteiger partial charge is 0.462 e. The van der Waals surface area contributed by atoms with Crippen LogP contribution in [0.5, 0.6) is 0 Å². The summed E-state index contributed by atoms with van der Waals surface area (Å²) >= 11 is 0. The Labute approximate surface area is 493 Å². The molecule has 79 heavy (non-hydrogen) atoms. The lowest BCUT2D eigenvalue weighted by molar-refractivity contribution is -0.167. The number of carbonyl (C=O) groups is 3. The van der Waals surface area contributed by atoms with Crippen molar-refractivity contribution in [1.29, 1.82) is 0 Å². The van der Waals surface area contributed by atoms with Gasteiger partial charge < -0.3 is 14.2 Å². The summed E-state index contributed by atoms with van der Waals surface area (Å²) in [7, 11) is 0. The second-order valence-corrected chi connectivity index (χ2v) is 24.1. The van der Waals surface area contributed by atoms with Gasteiger partial charge in [-0.3, -0.25) is 14.4 Å². The fourth-order valence-corrected chi connectivity index (χ4v) is 10.8. The first-order chi connectivity index (χ1) is 39.0. The number of hydrogen-bond acceptors (Lipinski definition) is 6. The molecule has 0 aliphatic rings. The van der Waals surface area contributed by atoms with Gasteiger partial charge in [0.05, 0.1) is 0 Å². The minimum Gasteiger partial charge on any atom is -0.462 e. The maximum absolute atomic E-state index is 13.0. The predicted molar refractivity (Wildman–Crippen MR) is 344 cm³/mol. The van der Waals surface area contributed by atoms with Crippen LogP contribution in [0.4, 0.5) is 0 Å². The zero-order chi connectivity index (χ0) is 57.1. The van der Waals surface area contributed by atoms with E-state index in [0.717, 1.165) is 70.6 Å². The average Bonchev–Trinajstić information content (AvgIpc) is 3.45. The van der Waals surface area contributed by atoms with E-state index in [1.54, 1.807) is 0 Å². The summed E-state index contributed by atoms with van der Waals surface area (Å²) in [5, 5.41) is 0. The Hall–Kier alpha value is -2.37. The van der Waals surface area contributed by atoms with Gasteiger partial charge in [0, 0.05) is 19.3 Å². The SMILES string of the molecule is CCCCCCC/C=C\C/C=C\CCCCCCCCCCCCCC(=O)OC(COC(=O)CCCCCCC/C=C\CCCCCCC)COC(=O)CCCCCCCCCCCCCCCCCCCCCCCCCC. The van der Waals surface area contributed by atoms with Crippen LogP contribution in [0.25, 0.3) is 0 Å². The number of unbranched alkanes of at least 4 members (excludes halogenated alkanes) is 49. The van der Waals surface area contributed by atoms with E-state index in [-0.39, 0.29) is 31.1 Å². The van der Waals surface area contributed by atoms with E-state index in [9.17, 15) is 14.4 Å². The Morgan fingerprint density at radius 1 is 0.253 bits per heavy atom. The van der Waals surface area contributed by atoms with Gasteiger partial charge in [0.25, 0.3) is 0 Å². The van der Waals surface area contributed by atoms with E-state index in [2.05, 4.69) is 57.2 Å². The second-order valence-electron chi connectivity index (χ2n) is 24.1. The molecule has 464 valence electrons. The minimum absolute atomic E-state index is 0.0706. The molecule has 0 aliphatic carbocycles. The molecule has 0 spiro atoms. The van der Waals surface area contributed by atoms with Gasteiger partial charge in [0.1, 0.15) is 13.2 Å². The zero-order valence-corrected chi connectivity index (χ0v) is 53.4. The summed E-state index contributed by atoms with van der Waals surface area (Å²) in [5.41, 5.74) is 0. The summed E-state index contributed by atoms with van der Waals surface area (Å²) in [6, 6.07) is 0. The summed E-state index contributed by atoms with van der Waals surface area (Å²) in [6.45, 7) is 6.69. The van der Waals surface area contributed by atoms with Crippen molar-refractivity contribution < 1.29 is 28.6 Å². The summed E-state index contributed by atoms with van der Waals surface area (Å²) in [6.07, 6.45) is 84.6. The van der Waals surface area contributed by atoms with Crippen LogP contribution in [0.2, 0.25) is 0 Å². The van der Waals surface area contributed by atoms with E-state index in [0.29, 0.717) is 19.3 Å². The van der Waals surface area contributed by atoms with Gasteiger partial charge in [-0.05, 0) is 77.0 Å². The predicted octanol–water partition coefficient (Wildman–Crippen LogP) is 24.3. The molecule has 1 atom stereocenters. The zero-order valence-electron chi connectivity index (χ0n) is 53.4. The third-order valence-corrected chi connectivity index (χ3v) is 16.1. The summed E-state index contributed by atoms with van der Waals surface area (Å²) < 4.78 is 17.0. The Balaban J connectivity index is 4.26. The molecular formula is C73H136O6. The highest BCUT2D eigenvalue weighted by Crippen LogP contribution is 2.18. The summed E-state index contributed by atoms with van der Waals surface area (Å²) in [5.74, 6) is -0.853. The molecule has 0 bridgehead atoms. The van der Waals surface area contributed by atoms with Crippen LogP contribution in [0.15, 0.2) is 36.5 Å². The van der Waals surface area contributed by atoms with Crippen LogP contribution < -0.4 is 0 Å². The lowest BCUT2D eigenvalue weighted by Crippen LogP contribution is -2.30. The smallest absolute Gasteiger partial charge is 0.306 e. The number of esters is 3. The molecule has 0 saturated carbocycles. The van der Waals surface area contributed by atoms with E-state index in [1.165, 1.54) is 283 Å². The number of hydrogen-bond donors (Lipinski definition) is 0. The van der Waals surface area contributed by atoms with Crippen molar-refractivity contribution in [3.8, 4) is 0 Å². The van der Waals surface area contributed by atoms with Crippen molar-refractivity contribution >= 4 is 17.9 Å². The molecule has 6 heteroatoms. The van der Waals surface area contributed by atoms with Gasteiger partial charge in [0.2, 0.25) is 0 Å². The number of ether oxygens (including phenoxy) is 3. The Kier molecular flexibility index (Phi) is 66.1. The van der Waals surface area contributed by atoms with E-state index < -0.39 is 6.10 Å². The number of allylic oxidation sites excluding steroid dienone is 6. The van der Waals surface area contributed by atoms with E-state index in [4.69, 9.17) is 14.2 Å². The van der Waals surface area contributed by atoms with Crippen LogP contribution in [0, 0.1) is 0 Å². The molecule has 0 radical (unpaired) electrons. The Morgan fingerprint density at radius 2 is 0.456 bits per heavy atom. The second kappa shape index (κ2) is 68.1. The van der Waals surface area contributed by atoms with Crippen LogP contribution in [-0.4, -0.2) is 37.2 Å². The number of rotatable bonds is 66. The molecule has 0 rings (SSSR count). The quantitative estimate of drug-likeness (QED) is 0.0261. The van der Waals surface area contributed by atoms with E-state index >= 15 is 0 Å². The Bertz CT molecular complexity index is 1320. The molecule has 0 aromatic rings. The molecule has 0 aliphatic heterocycles. The van der Waals surface area contributed by atoms with Crippen LogP contribution in [0.3, 0.4) is 0 Å². The first kappa shape index (κ1) is 76.6. The highest BCUT2D eigenvalue weighted by molar-refractivity contribution is 5.71. The molecule has 0 fully saturated rings. The molecule has 0 heterocycles. The molecule has 0 aromatic heterocycles. The molecule has 0 saturated heterocycles. The fourth-order valence-electron chi connectivity index (χ4n) is 10.8. The van der Waals surface area contributed by atoms with Crippen LogP contribution in [0.1, 0.15) is 393 Å². The highest BCUT2D eigenvalue weighted by atomic mass is 16.6. The normalized spacial score (nSPS) is 12.2. The van der Waals surface area contributed by atoms with Crippen LogP contribution >= 0.6 is 0 Å². The standard InChI is InChI=1S/C73H136O6/c1-4-7-10-13-16-19-22-25-28-30-32-34-36-38-39-41-43-45-48-51-54-57-60-63-66-72(75)78-69-70(68-77-71(74)65-62-59-56-53-50-47-27-24-21-18-15-12-9-6-3)79-73(76)67-64-61-58-55-52-49-46-44-42-40-37-35-33-31-29-26-23-20-17-14-11-8-5-2/h23-24,26-27,31,33,70H,4-22,25,28-30,32,34-69H2,1-3H3/b26-23-,27-24-,33-31-. The van der Waals surface area contributed by atoms with Gasteiger partial charge in [-0.25, -0.2) is 0 Å². The lowest BCUT2D eigenvalue weighted by atomic mass is 10.0. The Morgan fingerprint density at radius 3 is 0.709 bits per heavy atom. The van der Waals surface area contributed by atoms with Gasteiger partial charge in [-0.15, -0.1) is 0 Å². The number of carbonyl (C=O) groups excluding carboxylic acids is 3. The average molecular weight is 1110 g/mol. The van der Waals surface area contributed by atoms with Crippen molar-refractivity contribution in [1.82, 2.24) is 0 Å². The van der Waals surface area contributed by atoms with E-state index in [1.807, 2.05) is 0 Å². The topological polar surface area (TPSA) is 78.9 Å². The molecule has 1 unspecified atom stereocenters. The molecule has 0 aromatic carbocycles. The van der Waals surface area contributed by atoms with Crippen molar-refractivity contribution in [3.63, 3.8) is 0 Å². The van der Waals surface area contributed by atoms with Gasteiger partial charge in [-0.1, -0.05) is 333 Å². The molecule has 0 N–H and O–H groups in total. The monoisotopic (exact) mass is 1110 g/mol. The van der Waals surface area contributed by atoms with Gasteiger partial charge in [-0.2, -0.15) is 0 Å². The lowest BCUT2D eigenvalue weighted by Gasteiger charge is -2.18. The third kappa shape index (κ3) is 66.3. The molecule has 6 nitrogen and oxygen atoms in total. The maximum Gasteiger partial charge on any atom is 0.306 e. The van der Waals surface area contributed by atoms with Crippen molar-refractivity contribution in [2.75, 3.05) is 13.2 Å². The fraction of sp³-hybridized carbons (Fsp3) is 0.877. The minimum atomic E-state index is -0.776. The molecular weight excluding hydrogens is 973 g/mol. The van der Waals surface area contributed by atoms with Crippen molar-refractivity contribution in [2.45, 2.75) is 399 Å². The van der Waals surface area contributed by atoms with Crippen LogP contribution in [-0.2, 0) is 28.6 Å².